The summed E-state index contributed by atoms with van der Waals surface area (Å²) in [7, 11) is 0. The summed E-state index contributed by atoms with van der Waals surface area (Å²) in [5, 5.41) is 8.16. The van der Waals surface area contributed by atoms with Crippen LogP contribution in [0.25, 0.3) is 0 Å². The number of urea groups is 1. The first-order valence-electron chi connectivity index (χ1n) is 9.27. The fourth-order valence-electron chi connectivity index (χ4n) is 2.82. The van der Waals surface area contributed by atoms with E-state index in [1.807, 2.05) is 56.3 Å². The van der Waals surface area contributed by atoms with Gasteiger partial charge in [-0.25, -0.2) is 4.79 Å². The summed E-state index contributed by atoms with van der Waals surface area (Å²) >= 11 is 0. The van der Waals surface area contributed by atoms with E-state index in [1.165, 1.54) is 0 Å². The van der Waals surface area contributed by atoms with Gasteiger partial charge in [0.1, 0.15) is 13.2 Å². The number of nitrogens with one attached hydrogen (secondary N) is 3. The number of hydrogen-bond donors (Lipinski definition) is 3. The van der Waals surface area contributed by atoms with Gasteiger partial charge in [-0.2, -0.15) is 0 Å². The van der Waals surface area contributed by atoms with Crippen molar-refractivity contribution >= 4 is 11.9 Å². The molecule has 0 saturated carbocycles. The van der Waals surface area contributed by atoms with E-state index in [2.05, 4.69) is 16.0 Å². The Morgan fingerprint density at radius 1 is 1.00 bits per heavy atom. The molecule has 1 aliphatic heterocycles. The molecule has 3 rings (SSSR count). The fourth-order valence-corrected chi connectivity index (χ4v) is 2.82. The average Bonchev–Trinajstić information content (AvgIpc) is 2.71. The van der Waals surface area contributed by atoms with Crippen molar-refractivity contribution in [3.8, 4) is 11.5 Å². The highest BCUT2D eigenvalue weighted by molar-refractivity contribution is 5.84. The zero-order valence-corrected chi connectivity index (χ0v) is 16.1. The molecule has 0 aliphatic carbocycles. The molecule has 0 unspecified atom stereocenters. The molecule has 7 nitrogen and oxygen atoms in total. The van der Waals surface area contributed by atoms with E-state index in [-0.39, 0.29) is 24.5 Å². The number of carbonyl (C=O) groups is 2. The molecular weight excluding hydrogens is 358 g/mol. The lowest BCUT2D eigenvalue weighted by Gasteiger charge is -2.21. The van der Waals surface area contributed by atoms with Crippen molar-refractivity contribution in [2.45, 2.75) is 26.4 Å². The molecule has 0 aromatic heterocycles. The predicted molar refractivity (Wildman–Crippen MR) is 105 cm³/mol. The van der Waals surface area contributed by atoms with Gasteiger partial charge in [0.2, 0.25) is 5.91 Å². The summed E-state index contributed by atoms with van der Waals surface area (Å²) in [6, 6.07) is 12.9. The van der Waals surface area contributed by atoms with E-state index in [0.29, 0.717) is 31.3 Å². The molecule has 0 saturated heterocycles. The van der Waals surface area contributed by atoms with Gasteiger partial charge in [0, 0.05) is 6.54 Å². The largest absolute Gasteiger partial charge is 0.486 e. The molecule has 0 spiro atoms. The van der Waals surface area contributed by atoms with E-state index in [1.54, 1.807) is 0 Å². The Morgan fingerprint density at radius 2 is 1.71 bits per heavy atom. The lowest BCUT2D eigenvalue weighted by atomic mass is 10.1. The highest BCUT2D eigenvalue weighted by Gasteiger charge is 2.16. The minimum absolute atomic E-state index is 0.103. The van der Waals surface area contributed by atoms with Crippen LogP contribution >= 0.6 is 0 Å². The number of amides is 3. The second-order valence-corrected chi connectivity index (χ2v) is 6.71. The Kier molecular flexibility index (Phi) is 6.37. The van der Waals surface area contributed by atoms with Crippen LogP contribution in [0.15, 0.2) is 42.5 Å². The molecule has 2 aromatic rings. The van der Waals surface area contributed by atoms with E-state index >= 15 is 0 Å². The third-order valence-electron chi connectivity index (χ3n) is 4.43. The van der Waals surface area contributed by atoms with Crippen LogP contribution in [-0.2, 0) is 11.3 Å². The molecule has 1 aliphatic rings. The summed E-state index contributed by atoms with van der Waals surface area (Å²) in [5.74, 6) is 1.12. The van der Waals surface area contributed by atoms with Gasteiger partial charge in [0.25, 0.3) is 0 Å². The predicted octanol–water partition coefficient (Wildman–Crippen LogP) is 2.44. The molecule has 0 bridgehead atoms. The summed E-state index contributed by atoms with van der Waals surface area (Å²) in [6.45, 7) is 5.24. The van der Waals surface area contributed by atoms with Crippen LogP contribution in [0.2, 0.25) is 0 Å². The van der Waals surface area contributed by atoms with Crippen LogP contribution in [0.4, 0.5) is 4.79 Å². The minimum atomic E-state index is -0.386. The summed E-state index contributed by atoms with van der Waals surface area (Å²) in [6.07, 6.45) is 0. The van der Waals surface area contributed by atoms with Gasteiger partial charge in [0.15, 0.2) is 11.5 Å². The van der Waals surface area contributed by atoms with Gasteiger partial charge in [-0.3, -0.25) is 4.79 Å². The van der Waals surface area contributed by atoms with Crippen LogP contribution in [-0.4, -0.2) is 31.7 Å². The van der Waals surface area contributed by atoms with Crippen LogP contribution in [0.5, 0.6) is 11.5 Å². The quantitative estimate of drug-likeness (QED) is 0.715. The van der Waals surface area contributed by atoms with Gasteiger partial charge in [-0.15, -0.1) is 0 Å². The summed E-state index contributed by atoms with van der Waals surface area (Å²) in [5.41, 5.74) is 3.07. The molecular formula is C21H25N3O4. The number of ether oxygens (including phenoxy) is 2. The smallest absolute Gasteiger partial charge is 0.315 e. The number of hydrogen-bond acceptors (Lipinski definition) is 4. The maximum Gasteiger partial charge on any atom is 0.315 e. The molecule has 148 valence electrons. The average molecular weight is 383 g/mol. The van der Waals surface area contributed by atoms with Crippen molar-refractivity contribution in [3.63, 3.8) is 0 Å². The molecule has 28 heavy (non-hydrogen) atoms. The summed E-state index contributed by atoms with van der Waals surface area (Å²) < 4.78 is 11.1. The third kappa shape index (κ3) is 5.39. The van der Waals surface area contributed by atoms with E-state index in [9.17, 15) is 9.59 Å². The maximum absolute atomic E-state index is 12.1. The Morgan fingerprint density at radius 3 is 2.46 bits per heavy atom. The first-order chi connectivity index (χ1) is 13.5. The van der Waals surface area contributed by atoms with Gasteiger partial charge in [-0.1, -0.05) is 35.9 Å². The SMILES string of the molecule is Cc1ccc(CNC(=O)NCC(=O)N[C@H](C)c2ccc3c(c2)OCCO3)cc1. The fraction of sp³-hybridized carbons (Fsp3) is 0.333. The molecule has 0 radical (unpaired) electrons. The van der Waals surface area contributed by atoms with Crippen LogP contribution in [0.1, 0.15) is 29.7 Å². The lowest BCUT2D eigenvalue weighted by Crippen LogP contribution is -2.42. The minimum Gasteiger partial charge on any atom is -0.486 e. The Balaban J connectivity index is 1.42. The molecule has 3 N–H and O–H groups in total. The number of benzene rings is 2. The zero-order chi connectivity index (χ0) is 19.9. The standard InChI is InChI=1S/C21H25N3O4/c1-14-3-5-16(6-4-14)12-22-21(26)23-13-20(25)24-15(2)17-7-8-18-19(11-17)28-10-9-27-18/h3-8,11,15H,9-10,12-13H2,1-2H3,(H,24,25)(H2,22,23,26)/t15-/m1/s1. The third-order valence-corrected chi connectivity index (χ3v) is 4.43. The monoisotopic (exact) mass is 383 g/mol. The summed E-state index contributed by atoms with van der Waals surface area (Å²) in [4.78, 5) is 24.0. The Bertz CT molecular complexity index is 836. The molecule has 3 amide bonds. The van der Waals surface area contributed by atoms with E-state index < -0.39 is 0 Å². The maximum atomic E-state index is 12.1. The Hall–Kier alpha value is -3.22. The molecule has 0 fully saturated rings. The molecule has 1 heterocycles. The van der Waals surface area contributed by atoms with E-state index in [0.717, 1.165) is 16.7 Å². The van der Waals surface area contributed by atoms with Gasteiger partial charge in [0.05, 0.1) is 12.6 Å². The highest BCUT2D eigenvalue weighted by Crippen LogP contribution is 2.32. The first-order valence-corrected chi connectivity index (χ1v) is 9.27. The van der Waals surface area contributed by atoms with Crippen LogP contribution in [0.3, 0.4) is 0 Å². The van der Waals surface area contributed by atoms with Crippen molar-refractivity contribution < 1.29 is 19.1 Å². The number of fused-ring (bicyclic) bond motifs is 1. The van der Waals surface area contributed by atoms with E-state index in [4.69, 9.17) is 9.47 Å². The second-order valence-electron chi connectivity index (χ2n) is 6.71. The van der Waals surface area contributed by atoms with Crippen LogP contribution in [0, 0.1) is 6.92 Å². The van der Waals surface area contributed by atoms with Crippen molar-refractivity contribution in [1.29, 1.82) is 0 Å². The number of carbonyl (C=O) groups excluding carboxylic acids is 2. The van der Waals surface area contributed by atoms with Gasteiger partial charge >= 0.3 is 6.03 Å². The second kappa shape index (κ2) is 9.12. The normalized spacial score (nSPS) is 13.4. The van der Waals surface area contributed by atoms with Crippen molar-refractivity contribution in [1.82, 2.24) is 16.0 Å². The van der Waals surface area contributed by atoms with Gasteiger partial charge < -0.3 is 25.4 Å². The first kappa shape index (κ1) is 19.5. The zero-order valence-electron chi connectivity index (χ0n) is 16.1. The lowest BCUT2D eigenvalue weighted by molar-refractivity contribution is -0.120. The molecule has 1 atom stereocenters. The van der Waals surface area contributed by atoms with Gasteiger partial charge in [-0.05, 0) is 37.1 Å². The number of rotatable bonds is 6. The highest BCUT2D eigenvalue weighted by atomic mass is 16.6. The number of aryl methyl sites for hydroxylation is 1. The van der Waals surface area contributed by atoms with Crippen molar-refractivity contribution in [2.75, 3.05) is 19.8 Å². The van der Waals surface area contributed by atoms with Crippen molar-refractivity contribution in [2.24, 2.45) is 0 Å². The molecule has 7 heteroatoms. The Labute approximate surface area is 164 Å². The molecule has 2 aromatic carbocycles. The van der Waals surface area contributed by atoms with Crippen molar-refractivity contribution in [3.05, 3.63) is 59.2 Å². The topological polar surface area (TPSA) is 88.7 Å². The van der Waals surface area contributed by atoms with Crippen LogP contribution < -0.4 is 25.4 Å².